The summed E-state index contributed by atoms with van der Waals surface area (Å²) in [6, 6.07) is 14.1. The first-order chi connectivity index (χ1) is 14.4. The van der Waals surface area contributed by atoms with Gasteiger partial charge in [0.25, 0.3) is 5.69 Å². The molecule has 0 saturated carbocycles. The highest BCUT2D eigenvalue weighted by atomic mass is 35.5. The molecule has 7 nitrogen and oxygen atoms in total. The molecule has 0 unspecified atom stereocenters. The maximum absolute atomic E-state index is 13.0. The SMILES string of the molecule is Cc1c(Cl)cccc1N1CSC2=C(C#N)[C@H](c3cccc([N+](=O)[O-])c3)CC(=O)N2C1. The van der Waals surface area contributed by atoms with Crippen LogP contribution in [0.15, 0.2) is 53.1 Å². The number of amides is 1. The maximum Gasteiger partial charge on any atom is 0.269 e. The number of rotatable bonds is 3. The first-order valence-corrected chi connectivity index (χ1v) is 10.6. The molecule has 2 aliphatic rings. The van der Waals surface area contributed by atoms with Gasteiger partial charge in [-0.05, 0) is 30.2 Å². The van der Waals surface area contributed by atoms with Crippen LogP contribution in [-0.2, 0) is 4.79 Å². The topological polar surface area (TPSA) is 90.5 Å². The van der Waals surface area contributed by atoms with Gasteiger partial charge in [0.1, 0.15) is 0 Å². The molecular formula is C21H17ClN4O3S. The minimum atomic E-state index is -0.486. The summed E-state index contributed by atoms with van der Waals surface area (Å²) in [5.41, 5.74) is 2.91. The Morgan fingerprint density at radius 2 is 2.07 bits per heavy atom. The predicted molar refractivity (Wildman–Crippen MR) is 116 cm³/mol. The van der Waals surface area contributed by atoms with Crippen molar-refractivity contribution in [2.45, 2.75) is 19.3 Å². The van der Waals surface area contributed by atoms with Gasteiger partial charge in [0.2, 0.25) is 5.91 Å². The fourth-order valence-corrected chi connectivity index (χ4v) is 5.12. The van der Waals surface area contributed by atoms with Gasteiger partial charge in [0, 0.05) is 35.2 Å². The first kappa shape index (κ1) is 20.3. The average molecular weight is 441 g/mol. The Labute approximate surface area is 182 Å². The molecule has 1 saturated heterocycles. The number of hydrogen-bond acceptors (Lipinski definition) is 6. The van der Waals surface area contributed by atoms with Gasteiger partial charge in [-0.15, -0.1) is 0 Å². The molecule has 0 bridgehead atoms. The average Bonchev–Trinajstić information content (AvgIpc) is 2.75. The van der Waals surface area contributed by atoms with E-state index >= 15 is 0 Å². The van der Waals surface area contributed by atoms with Crippen molar-refractivity contribution in [3.8, 4) is 6.07 Å². The van der Waals surface area contributed by atoms with E-state index in [0.717, 1.165) is 11.3 Å². The lowest BCUT2D eigenvalue weighted by Crippen LogP contribution is -2.47. The zero-order chi connectivity index (χ0) is 21.4. The summed E-state index contributed by atoms with van der Waals surface area (Å²) in [6.07, 6.45) is 0.0937. The van der Waals surface area contributed by atoms with Crippen LogP contribution in [0.1, 0.15) is 23.5 Å². The highest BCUT2D eigenvalue weighted by molar-refractivity contribution is 8.03. The van der Waals surface area contributed by atoms with Crippen LogP contribution in [0.3, 0.4) is 0 Å². The van der Waals surface area contributed by atoms with Crippen molar-refractivity contribution < 1.29 is 9.72 Å². The van der Waals surface area contributed by atoms with Crippen LogP contribution >= 0.6 is 23.4 Å². The molecule has 0 aliphatic carbocycles. The molecule has 0 aromatic heterocycles. The third-order valence-electron chi connectivity index (χ3n) is 5.36. The summed E-state index contributed by atoms with van der Waals surface area (Å²) in [4.78, 5) is 27.3. The minimum Gasteiger partial charge on any atom is -0.343 e. The number of benzene rings is 2. The quantitative estimate of drug-likeness (QED) is 0.504. The Hall–Kier alpha value is -3.02. The molecule has 1 atom stereocenters. The number of hydrogen-bond donors (Lipinski definition) is 0. The fourth-order valence-electron chi connectivity index (χ4n) is 3.79. The summed E-state index contributed by atoms with van der Waals surface area (Å²) in [5, 5.41) is 22.3. The number of carbonyl (C=O) groups is 1. The summed E-state index contributed by atoms with van der Waals surface area (Å²) < 4.78 is 0. The van der Waals surface area contributed by atoms with Gasteiger partial charge >= 0.3 is 0 Å². The lowest BCUT2D eigenvalue weighted by molar-refractivity contribution is -0.384. The van der Waals surface area contributed by atoms with E-state index in [1.807, 2.05) is 25.1 Å². The monoisotopic (exact) mass is 440 g/mol. The molecule has 1 amide bonds. The van der Waals surface area contributed by atoms with Crippen LogP contribution in [0.4, 0.5) is 11.4 Å². The summed E-state index contributed by atoms with van der Waals surface area (Å²) in [5.74, 6) is -0.0364. The van der Waals surface area contributed by atoms with Gasteiger partial charge in [0.15, 0.2) is 0 Å². The standard InChI is InChI=1S/C21H17ClN4O3S/c1-13-18(22)6-3-7-19(13)24-11-25-20(27)9-16(17(10-23)21(25)30-12-24)14-4-2-5-15(8-14)26(28)29/h2-8,16H,9,11-12H2,1H3/t16-/m0/s1. The number of anilines is 1. The van der Waals surface area contributed by atoms with E-state index < -0.39 is 10.8 Å². The second-order valence-electron chi connectivity index (χ2n) is 7.10. The smallest absolute Gasteiger partial charge is 0.269 e. The molecule has 2 aliphatic heterocycles. The van der Waals surface area contributed by atoms with E-state index in [2.05, 4.69) is 11.0 Å². The van der Waals surface area contributed by atoms with Gasteiger partial charge in [-0.2, -0.15) is 5.26 Å². The van der Waals surface area contributed by atoms with Crippen molar-refractivity contribution in [2.75, 3.05) is 17.4 Å². The number of nitriles is 1. The number of carbonyl (C=O) groups excluding carboxylic acids is 1. The molecule has 0 N–H and O–H groups in total. The number of halogens is 1. The van der Waals surface area contributed by atoms with Gasteiger partial charge < -0.3 is 4.90 Å². The zero-order valence-corrected chi connectivity index (χ0v) is 17.6. The summed E-state index contributed by atoms with van der Waals surface area (Å²) in [7, 11) is 0. The van der Waals surface area contributed by atoms with Gasteiger partial charge in [-0.1, -0.05) is 41.6 Å². The molecule has 2 aromatic rings. The second kappa shape index (κ2) is 8.01. The first-order valence-electron chi connectivity index (χ1n) is 9.22. The van der Waals surface area contributed by atoms with Gasteiger partial charge in [0.05, 0.1) is 34.1 Å². The van der Waals surface area contributed by atoms with E-state index in [1.54, 1.807) is 17.0 Å². The molecular weight excluding hydrogens is 424 g/mol. The molecule has 0 radical (unpaired) electrons. The molecule has 9 heteroatoms. The van der Waals surface area contributed by atoms with E-state index in [-0.39, 0.29) is 18.0 Å². The van der Waals surface area contributed by atoms with E-state index in [4.69, 9.17) is 11.6 Å². The Kier molecular flexibility index (Phi) is 5.41. The fraction of sp³-hybridized carbons (Fsp3) is 0.238. The van der Waals surface area contributed by atoms with E-state index in [9.17, 15) is 20.2 Å². The van der Waals surface area contributed by atoms with Crippen LogP contribution < -0.4 is 4.90 Å². The number of nitrogens with zero attached hydrogens (tertiary/aromatic N) is 4. The predicted octanol–water partition coefficient (Wildman–Crippen LogP) is 4.78. The second-order valence-corrected chi connectivity index (χ2v) is 8.44. The van der Waals surface area contributed by atoms with Gasteiger partial charge in [-0.3, -0.25) is 19.8 Å². The lowest BCUT2D eigenvalue weighted by Gasteiger charge is -2.42. The normalized spacial score (nSPS) is 18.8. The number of fused-ring (bicyclic) bond motifs is 1. The highest BCUT2D eigenvalue weighted by Crippen LogP contribution is 2.44. The van der Waals surface area contributed by atoms with Crippen LogP contribution in [0.25, 0.3) is 0 Å². The van der Waals surface area contributed by atoms with Crippen molar-refractivity contribution >= 4 is 40.6 Å². The largest absolute Gasteiger partial charge is 0.343 e. The lowest BCUT2D eigenvalue weighted by atomic mass is 9.86. The minimum absolute atomic E-state index is 0.0522. The Bertz CT molecular complexity index is 1130. The van der Waals surface area contributed by atoms with Crippen molar-refractivity contribution in [3.63, 3.8) is 0 Å². The Morgan fingerprint density at radius 3 is 2.80 bits per heavy atom. The number of nitro benzene ring substituents is 1. The summed E-state index contributed by atoms with van der Waals surface area (Å²) in [6.45, 7) is 2.26. The highest BCUT2D eigenvalue weighted by Gasteiger charge is 2.38. The number of thioether (sulfide) groups is 1. The van der Waals surface area contributed by atoms with Crippen molar-refractivity contribution in [1.29, 1.82) is 5.26 Å². The number of allylic oxidation sites excluding steroid dienone is 1. The van der Waals surface area contributed by atoms with Crippen LogP contribution in [0.5, 0.6) is 0 Å². The number of nitro groups is 1. The third-order valence-corrected chi connectivity index (χ3v) is 6.92. The molecule has 2 aromatic carbocycles. The van der Waals surface area contributed by atoms with Crippen molar-refractivity contribution in [3.05, 3.63) is 79.3 Å². The van der Waals surface area contributed by atoms with Crippen LogP contribution in [-0.4, -0.2) is 28.3 Å². The Balaban J connectivity index is 1.69. The summed E-state index contributed by atoms with van der Waals surface area (Å²) >= 11 is 7.67. The molecule has 1 fully saturated rings. The zero-order valence-electron chi connectivity index (χ0n) is 16.0. The van der Waals surface area contributed by atoms with Crippen molar-refractivity contribution in [1.82, 2.24) is 4.90 Å². The molecule has 2 heterocycles. The molecule has 30 heavy (non-hydrogen) atoms. The third kappa shape index (κ3) is 3.51. The number of non-ortho nitro benzene ring substituents is 1. The molecule has 152 valence electrons. The van der Waals surface area contributed by atoms with E-state index in [0.29, 0.717) is 33.7 Å². The van der Waals surface area contributed by atoms with Crippen molar-refractivity contribution in [2.24, 2.45) is 0 Å². The van der Waals surface area contributed by atoms with Gasteiger partial charge in [-0.25, -0.2) is 0 Å². The van der Waals surface area contributed by atoms with E-state index in [1.165, 1.54) is 23.9 Å². The Morgan fingerprint density at radius 1 is 1.30 bits per heavy atom. The van der Waals surface area contributed by atoms with Crippen LogP contribution in [0.2, 0.25) is 5.02 Å². The molecule has 4 rings (SSSR count). The van der Waals surface area contributed by atoms with Crippen LogP contribution in [0, 0.1) is 28.4 Å². The maximum atomic E-state index is 13.0. The molecule has 0 spiro atoms.